The van der Waals surface area contributed by atoms with Crippen LogP contribution in [0.3, 0.4) is 0 Å². The van der Waals surface area contributed by atoms with E-state index in [1.807, 2.05) is 6.07 Å². The van der Waals surface area contributed by atoms with Gasteiger partial charge in [-0.25, -0.2) is 4.39 Å². The summed E-state index contributed by atoms with van der Waals surface area (Å²) in [5, 5.41) is 9.35. The van der Waals surface area contributed by atoms with Gasteiger partial charge < -0.3 is 14.6 Å². The molecule has 1 N–H and O–H groups in total. The van der Waals surface area contributed by atoms with Gasteiger partial charge in [0.15, 0.2) is 0 Å². The van der Waals surface area contributed by atoms with Crippen LogP contribution in [0, 0.1) is 17.7 Å². The average Bonchev–Trinajstić information content (AvgIpc) is 3.16. The lowest BCUT2D eigenvalue weighted by Crippen LogP contribution is -2.40. The van der Waals surface area contributed by atoms with Crippen molar-refractivity contribution in [2.24, 2.45) is 11.8 Å². The number of halogens is 1. The molecule has 1 heterocycles. The van der Waals surface area contributed by atoms with Crippen LogP contribution in [0.5, 0.6) is 0 Å². The van der Waals surface area contributed by atoms with Crippen LogP contribution in [0.1, 0.15) is 32.3 Å². The number of ether oxygens (including phenoxy) is 2. The highest BCUT2D eigenvalue weighted by atomic mass is 19.1. The second-order valence-corrected chi connectivity index (χ2v) is 6.57. The molecule has 0 bridgehead atoms. The van der Waals surface area contributed by atoms with Gasteiger partial charge in [-0.05, 0) is 37.7 Å². The van der Waals surface area contributed by atoms with Crippen LogP contribution in [0.4, 0.5) is 4.39 Å². The minimum Gasteiger partial charge on any atom is -0.396 e. The predicted octanol–water partition coefficient (Wildman–Crippen LogP) is 2.91. The SMILES string of the molecule is CC(CO)C1CC(OCc2ccccc2F)C2(C)OC2C1. The van der Waals surface area contributed by atoms with Crippen molar-refractivity contribution in [3.05, 3.63) is 35.6 Å². The number of rotatable bonds is 5. The van der Waals surface area contributed by atoms with Crippen molar-refractivity contribution in [3.63, 3.8) is 0 Å². The van der Waals surface area contributed by atoms with E-state index in [2.05, 4.69) is 13.8 Å². The molecule has 2 aliphatic rings. The first kappa shape index (κ1) is 14.9. The second-order valence-electron chi connectivity index (χ2n) is 6.57. The van der Waals surface area contributed by atoms with E-state index in [4.69, 9.17) is 9.47 Å². The van der Waals surface area contributed by atoms with Crippen molar-refractivity contribution in [3.8, 4) is 0 Å². The first-order valence-corrected chi connectivity index (χ1v) is 7.68. The third-order valence-corrected chi connectivity index (χ3v) is 5.14. The summed E-state index contributed by atoms with van der Waals surface area (Å²) in [4.78, 5) is 0. The van der Waals surface area contributed by atoms with Gasteiger partial charge in [0, 0.05) is 12.2 Å². The monoisotopic (exact) mass is 294 g/mol. The number of hydrogen-bond acceptors (Lipinski definition) is 3. The van der Waals surface area contributed by atoms with Gasteiger partial charge in [-0.2, -0.15) is 0 Å². The molecule has 5 unspecified atom stereocenters. The molecule has 0 aromatic heterocycles. The summed E-state index contributed by atoms with van der Waals surface area (Å²) in [7, 11) is 0. The van der Waals surface area contributed by atoms with E-state index in [9.17, 15) is 9.50 Å². The Labute approximate surface area is 125 Å². The van der Waals surface area contributed by atoms with Crippen LogP contribution in [0.2, 0.25) is 0 Å². The van der Waals surface area contributed by atoms with E-state index in [-0.39, 0.29) is 42.8 Å². The maximum absolute atomic E-state index is 13.7. The van der Waals surface area contributed by atoms with Crippen molar-refractivity contribution in [2.75, 3.05) is 6.61 Å². The minimum atomic E-state index is -0.230. The Bertz CT molecular complexity index is 507. The summed E-state index contributed by atoms with van der Waals surface area (Å²) in [5.74, 6) is 0.423. The second kappa shape index (κ2) is 5.67. The van der Waals surface area contributed by atoms with Gasteiger partial charge in [-0.3, -0.25) is 0 Å². The summed E-state index contributed by atoms with van der Waals surface area (Å²) in [5.41, 5.74) is 0.354. The molecule has 1 aromatic rings. The highest BCUT2D eigenvalue weighted by molar-refractivity contribution is 5.17. The molecule has 2 fully saturated rings. The zero-order chi connectivity index (χ0) is 15.0. The lowest BCUT2D eigenvalue weighted by Gasteiger charge is -2.33. The van der Waals surface area contributed by atoms with E-state index < -0.39 is 0 Å². The lowest BCUT2D eigenvalue weighted by molar-refractivity contribution is -0.0351. The Morgan fingerprint density at radius 2 is 2.19 bits per heavy atom. The van der Waals surface area contributed by atoms with E-state index in [1.165, 1.54) is 6.07 Å². The van der Waals surface area contributed by atoms with Gasteiger partial charge in [-0.15, -0.1) is 0 Å². The van der Waals surface area contributed by atoms with Crippen LogP contribution < -0.4 is 0 Å². The molecule has 116 valence electrons. The molecule has 0 amide bonds. The molecule has 1 saturated carbocycles. The first-order chi connectivity index (χ1) is 10.0. The van der Waals surface area contributed by atoms with Gasteiger partial charge in [0.05, 0.1) is 18.8 Å². The number of aliphatic hydroxyl groups excluding tert-OH is 1. The molecular formula is C17H23FO3. The molecule has 0 radical (unpaired) electrons. The predicted molar refractivity (Wildman–Crippen MR) is 77.2 cm³/mol. The zero-order valence-electron chi connectivity index (χ0n) is 12.6. The minimum absolute atomic E-state index is 0.0325. The van der Waals surface area contributed by atoms with Gasteiger partial charge in [0.1, 0.15) is 11.4 Å². The van der Waals surface area contributed by atoms with Crippen molar-refractivity contribution in [1.82, 2.24) is 0 Å². The fraction of sp³-hybridized carbons (Fsp3) is 0.647. The summed E-state index contributed by atoms with van der Waals surface area (Å²) in [6.45, 7) is 4.59. The zero-order valence-corrected chi connectivity index (χ0v) is 12.6. The normalized spacial score (nSPS) is 36.1. The molecule has 1 saturated heterocycles. The van der Waals surface area contributed by atoms with E-state index in [0.29, 0.717) is 11.5 Å². The summed E-state index contributed by atoms with van der Waals surface area (Å²) in [6.07, 6.45) is 2.03. The fourth-order valence-corrected chi connectivity index (χ4v) is 3.37. The maximum Gasteiger partial charge on any atom is 0.128 e. The lowest BCUT2D eigenvalue weighted by atomic mass is 9.75. The Balaban J connectivity index is 1.65. The molecule has 5 atom stereocenters. The molecule has 3 rings (SSSR count). The number of fused-ring (bicyclic) bond motifs is 1. The summed E-state index contributed by atoms with van der Waals surface area (Å²) < 4.78 is 25.5. The molecular weight excluding hydrogens is 271 g/mol. The van der Waals surface area contributed by atoms with Crippen LogP contribution in [-0.2, 0) is 16.1 Å². The summed E-state index contributed by atoms with van der Waals surface area (Å²) >= 11 is 0. The number of hydrogen-bond donors (Lipinski definition) is 1. The quantitative estimate of drug-likeness (QED) is 0.849. The van der Waals surface area contributed by atoms with Crippen molar-refractivity contribution < 1.29 is 19.0 Å². The smallest absolute Gasteiger partial charge is 0.128 e. The highest BCUT2D eigenvalue weighted by Gasteiger charge is 2.62. The Morgan fingerprint density at radius 3 is 2.90 bits per heavy atom. The molecule has 3 nitrogen and oxygen atoms in total. The van der Waals surface area contributed by atoms with Crippen molar-refractivity contribution >= 4 is 0 Å². The van der Waals surface area contributed by atoms with Crippen molar-refractivity contribution in [1.29, 1.82) is 0 Å². The average molecular weight is 294 g/mol. The third kappa shape index (κ3) is 2.85. The van der Waals surface area contributed by atoms with Crippen molar-refractivity contribution in [2.45, 2.75) is 51.1 Å². The topological polar surface area (TPSA) is 42.0 Å². The van der Waals surface area contributed by atoms with E-state index >= 15 is 0 Å². The van der Waals surface area contributed by atoms with Crippen LogP contribution >= 0.6 is 0 Å². The molecule has 21 heavy (non-hydrogen) atoms. The fourth-order valence-electron chi connectivity index (χ4n) is 3.37. The van der Waals surface area contributed by atoms with Crippen LogP contribution in [0.15, 0.2) is 24.3 Å². The first-order valence-electron chi connectivity index (χ1n) is 7.68. The van der Waals surface area contributed by atoms with E-state index in [1.54, 1.807) is 12.1 Å². The van der Waals surface area contributed by atoms with Gasteiger partial charge >= 0.3 is 0 Å². The summed E-state index contributed by atoms with van der Waals surface area (Å²) in [6, 6.07) is 6.70. The van der Waals surface area contributed by atoms with Crippen LogP contribution in [0.25, 0.3) is 0 Å². The highest BCUT2D eigenvalue weighted by Crippen LogP contribution is 2.52. The van der Waals surface area contributed by atoms with Gasteiger partial charge in [-0.1, -0.05) is 25.1 Å². The largest absolute Gasteiger partial charge is 0.396 e. The third-order valence-electron chi connectivity index (χ3n) is 5.14. The molecule has 4 heteroatoms. The number of benzene rings is 1. The Kier molecular flexibility index (Phi) is 4.04. The van der Waals surface area contributed by atoms with Crippen LogP contribution in [-0.4, -0.2) is 29.5 Å². The molecule has 1 aliphatic carbocycles. The molecule has 1 aromatic carbocycles. The maximum atomic E-state index is 13.7. The van der Waals surface area contributed by atoms with Gasteiger partial charge in [0.25, 0.3) is 0 Å². The Hall–Kier alpha value is -0.970. The molecule has 1 aliphatic heterocycles. The standard InChI is InChI=1S/C17H23FO3/c1-11(9-19)13-7-15(17(2)16(8-13)21-17)20-10-12-5-3-4-6-14(12)18/h3-6,11,13,15-16,19H,7-10H2,1-2H3. The van der Waals surface area contributed by atoms with Gasteiger partial charge in [0.2, 0.25) is 0 Å². The van der Waals surface area contributed by atoms with E-state index in [0.717, 1.165) is 12.8 Å². The number of epoxide rings is 1. The number of aliphatic hydroxyl groups is 1. The Morgan fingerprint density at radius 1 is 1.43 bits per heavy atom. The molecule has 0 spiro atoms.